The quantitative estimate of drug-likeness (QED) is 0.851. The first kappa shape index (κ1) is 13.3. The number of hydrogen-bond donors (Lipinski definition) is 2. The Morgan fingerprint density at radius 1 is 1.32 bits per heavy atom. The number of benzene rings is 1. The Kier molecular flexibility index (Phi) is 3.43. The Morgan fingerprint density at radius 3 is 2.37 bits per heavy atom. The van der Waals surface area contributed by atoms with Gasteiger partial charge in [-0.15, -0.1) is 0 Å². The lowest BCUT2D eigenvalue weighted by Crippen LogP contribution is -1.96. The Morgan fingerprint density at radius 2 is 1.89 bits per heavy atom. The van der Waals surface area contributed by atoms with Gasteiger partial charge in [0.1, 0.15) is 4.88 Å². The predicted molar refractivity (Wildman–Crippen MR) is 63.4 cm³/mol. The summed E-state index contributed by atoms with van der Waals surface area (Å²) in [7, 11) is 0. The fourth-order valence-corrected chi connectivity index (χ4v) is 2.22. The van der Waals surface area contributed by atoms with E-state index in [1.165, 1.54) is 6.92 Å². The van der Waals surface area contributed by atoms with Crippen molar-refractivity contribution in [2.45, 2.75) is 6.92 Å². The molecule has 0 bridgehead atoms. The predicted octanol–water partition coefficient (Wildman–Crippen LogP) is 3.31. The molecule has 4 nitrogen and oxygen atoms in total. The molecule has 0 aliphatic carbocycles. The summed E-state index contributed by atoms with van der Waals surface area (Å²) < 4.78 is 38.7. The monoisotopic (exact) mass is 288 g/mol. The minimum Gasteiger partial charge on any atom is -0.477 e. The van der Waals surface area contributed by atoms with Crippen LogP contribution in [0.25, 0.3) is 0 Å². The molecule has 19 heavy (non-hydrogen) atoms. The second-order valence-electron chi connectivity index (χ2n) is 3.62. The average Bonchev–Trinajstić information content (AvgIpc) is 2.67. The zero-order valence-corrected chi connectivity index (χ0v) is 10.3. The molecule has 0 spiro atoms. The summed E-state index contributed by atoms with van der Waals surface area (Å²) in [6.07, 6.45) is 0. The lowest BCUT2D eigenvalue weighted by atomic mass is 10.3. The largest absolute Gasteiger partial charge is 0.477 e. The Labute approximate surface area is 109 Å². The number of carboxylic acids is 1. The summed E-state index contributed by atoms with van der Waals surface area (Å²) in [5, 5.41) is 11.5. The van der Waals surface area contributed by atoms with E-state index in [1.807, 2.05) is 0 Å². The summed E-state index contributed by atoms with van der Waals surface area (Å²) in [6.45, 7) is 1.50. The van der Waals surface area contributed by atoms with Crippen LogP contribution in [0.5, 0.6) is 0 Å². The zero-order chi connectivity index (χ0) is 14.2. The van der Waals surface area contributed by atoms with Gasteiger partial charge >= 0.3 is 5.97 Å². The van der Waals surface area contributed by atoms with Crippen molar-refractivity contribution in [1.82, 2.24) is 4.98 Å². The number of hydrogen-bond acceptors (Lipinski definition) is 4. The zero-order valence-electron chi connectivity index (χ0n) is 9.50. The second kappa shape index (κ2) is 4.88. The van der Waals surface area contributed by atoms with Crippen molar-refractivity contribution in [2.75, 3.05) is 5.32 Å². The van der Waals surface area contributed by atoms with Crippen molar-refractivity contribution >= 4 is 28.1 Å². The van der Waals surface area contributed by atoms with Crippen molar-refractivity contribution in [3.63, 3.8) is 0 Å². The van der Waals surface area contributed by atoms with Crippen molar-refractivity contribution in [1.29, 1.82) is 0 Å². The van der Waals surface area contributed by atoms with Gasteiger partial charge < -0.3 is 10.4 Å². The van der Waals surface area contributed by atoms with Gasteiger partial charge in [-0.1, -0.05) is 11.3 Å². The van der Waals surface area contributed by atoms with Crippen LogP contribution in [-0.4, -0.2) is 16.1 Å². The third-order valence-electron chi connectivity index (χ3n) is 2.23. The molecule has 0 unspecified atom stereocenters. The van der Waals surface area contributed by atoms with Crippen LogP contribution in [0.15, 0.2) is 12.1 Å². The van der Waals surface area contributed by atoms with Gasteiger partial charge in [0.15, 0.2) is 22.6 Å². The lowest BCUT2D eigenvalue weighted by molar-refractivity contribution is 0.0701. The van der Waals surface area contributed by atoms with Crippen molar-refractivity contribution < 1.29 is 23.1 Å². The molecule has 0 saturated carbocycles. The fourth-order valence-electron chi connectivity index (χ4n) is 1.40. The topological polar surface area (TPSA) is 62.2 Å². The number of carbonyl (C=O) groups is 1. The number of anilines is 2. The van der Waals surface area contributed by atoms with Gasteiger partial charge in [0.25, 0.3) is 0 Å². The number of thiazole rings is 1. The Hall–Kier alpha value is -2.09. The number of rotatable bonds is 3. The molecule has 1 aromatic carbocycles. The van der Waals surface area contributed by atoms with Crippen LogP contribution < -0.4 is 5.32 Å². The van der Waals surface area contributed by atoms with Crippen LogP contribution in [-0.2, 0) is 0 Å². The second-order valence-corrected chi connectivity index (χ2v) is 4.62. The van der Waals surface area contributed by atoms with E-state index in [9.17, 15) is 18.0 Å². The first-order valence-electron chi connectivity index (χ1n) is 5.00. The maximum absolute atomic E-state index is 13.0. The molecule has 2 N–H and O–H groups in total. The van der Waals surface area contributed by atoms with E-state index in [0.717, 1.165) is 23.5 Å². The SMILES string of the molecule is Cc1nc(Nc2cc(F)c(F)c(F)c2)sc1C(=O)O. The number of carboxylic acid groups (broad SMARTS) is 1. The number of aromatic nitrogens is 1. The molecular formula is C11H7F3N2O2S. The van der Waals surface area contributed by atoms with Crippen LogP contribution in [0.1, 0.15) is 15.4 Å². The average molecular weight is 288 g/mol. The van der Waals surface area contributed by atoms with E-state index in [2.05, 4.69) is 10.3 Å². The number of nitrogens with zero attached hydrogens (tertiary/aromatic N) is 1. The summed E-state index contributed by atoms with van der Waals surface area (Å²) in [5.74, 6) is -5.38. The minimum atomic E-state index is -1.56. The Bertz CT molecular complexity index is 634. The van der Waals surface area contributed by atoms with E-state index in [1.54, 1.807) is 0 Å². The van der Waals surface area contributed by atoms with Crippen LogP contribution in [0, 0.1) is 24.4 Å². The molecule has 1 aromatic heterocycles. The van der Waals surface area contributed by atoms with Crippen molar-refractivity contribution in [3.05, 3.63) is 40.2 Å². The number of aryl methyl sites for hydroxylation is 1. The van der Waals surface area contributed by atoms with E-state index in [4.69, 9.17) is 5.11 Å². The van der Waals surface area contributed by atoms with E-state index >= 15 is 0 Å². The first-order valence-corrected chi connectivity index (χ1v) is 5.82. The maximum Gasteiger partial charge on any atom is 0.347 e. The standard InChI is InChI=1S/C11H7F3N2O2S/c1-4-9(10(17)18)19-11(15-4)16-5-2-6(12)8(14)7(13)3-5/h2-3H,1H3,(H,15,16)(H,17,18). The van der Waals surface area contributed by atoms with E-state index in [0.29, 0.717) is 0 Å². The van der Waals surface area contributed by atoms with Crippen LogP contribution in [0.4, 0.5) is 24.0 Å². The van der Waals surface area contributed by atoms with Crippen LogP contribution in [0.2, 0.25) is 0 Å². The molecular weight excluding hydrogens is 281 g/mol. The molecule has 1 heterocycles. The molecule has 0 aliphatic rings. The van der Waals surface area contributed by atoms with Gasteiger partial charge in [-0.05, 0) is 6.92 Å². The highest BCUT2D eigenvalue weighted by Gasteiger charge is 2.15. The summed E-state index contributed by atoms with van der Waals surface area (Å²) in [6, 6.07) is 1.52. The summed E-state index contributed by atoms with van der Waals surface area (Å²) in [4.78, 5) is 14.7. The molecule has 0 aliphatic heterocycles. The highest BCUT2D eigenvalue weighted by Crippen LogP contribution is 2.27. The third kappa shape index (κ3) is 2.68. The molecule has 0 amide bonds. The van der Waals surface area contributed by atoms with Gasteiger partial charge in [0.2, 0.25) is 0 Å². The van der Waals surface area contributed by atoms with Gasteiger partial charge in [-0.3, -0.25) is 0 Å². The first-order chi connectivity index (χ1) is 8.88. The van der Waals surface area contributed by atoms with Gasteiger partial charge in [0.05, 0.1) is 5.69 Å². The Balaban J connectivity index is 2.31. The van der Waals surface area contributed by atoms with Crippen LogP contribution >= 0.6 is 11.3 Å². The molecule has 0 saturated heterocycles. The number of halogens is 3. The third-order valence-corrected chi connectivity index (χ3v) is 3.29. The minimum absolute atomic E-state index is 0.0190. The summed E-state index contributed by atoms with van der Waals surface area (Å²) >= 11 is 0.818. The van der Waals surface area contributed by atoms with E-state index < -0.39 is 23.4 Å². The maximum atomic E-state index is 13.0. The molecule has 2 aromatic rings. The van der Waals surface area contributed by atoms with Crippen molar-refractivity contribution in [2.24, 2.45) is 0 Å². The van der Waals surface area contributed by atoms with E-state index in [-0.39, 0.29) is 21.4 Å². The van der Waals surface area contributed by atoms with Gasteiger partial charge in [-0.2, -0.15) is 0 Å². The molecule has 100 valence electrons. The van der Waals surface area contributed by atoms with Crippen molar-refractivity contribution in [3.8, 4) is 0 Å². The highest BCUT2D eigenvalue weighted by molar-refractivity contribution is 7.17. The number of aromatic carboxylic acids is 1. The normalized spacial score (nSPS) is 10.5. The fraction of sp³-hybridized carbons (Fsp3) is 0.0909. The molecule has 2 rings (SSSR count). The molecule has 0 radical (unpaired) electrons. The van der Waals surface area contributed by atoms with Gasteiger partial charge in [-0.25, -0.2) is 22.9 Å². The van der Waals surface area contributed by atoms with Crippen LogP contribution in [0.3, 0.4) is 0 Å². The molecule has 0 fully saturated rings. The summed E-state index contributed by atoms with van der Waals surface area (Å²) in [5.41, 5.74) is 0.227. The molecule has 8 heteroatoms. The smallest absolute Gasteiger partial charge is 0.347 e. The van der Waals surface area contributed by atoms with Gasteiger partial charge in [0, 0.05) is 17.8 Å². The lowest BCUT2D eigenvalue weighted by Gasteiger charge is -2.03. The number of nitrogens with one attached hydrogen (secondary N) is 1. The highest BCUT2D eigenvalue weighted by atomic mass is 32.1. The molecule has 0 atom stereocenters.